The summed E-state index contributed by atoms with van der Waals surface area (Å²) in [5.41, 5.74) is 10.5. The first-order chi connectivity index (χ1) is 17.9. The Morgan fingerprint density at radius 3 is 1.64 bits per heavy atom. The molecule has 0 heterocycles. The van der Waals surface area contributed by atoms with Crippen LogP contribution in [0.25, 0.3) is 76.8 Å². The Labute approximate surface area is 210 Å². The Kier molecular flexibility index (Phi) is 4.03. The van der Waals surface area contributed by atoms with Crippen LogP contribution < -0.4 is 0 Å². The van der Waals surface area contributed by atoms with Crippen LogP contribution in [0.2, 0.25) is 0 Å². The molecule has 0 fully saturated rings. The Hall–Kier alpha value is -4.68. The van der Waals surface area contributed by atoms with Gasteiger partial charge in [-0.1, -0.05) is 121 Å². The third-order valence-electron chi connectivity index (χ3n) is 7.80. The minimum Gasteiger partial charge on any atom is -0.0616 e. The Balaban J connectivity index is 1.40. The van der Waals surface area contributed by atoms with Crippen LogP contribution in [-0.4, -0.2) is 0 Å². The SMILES string of the molecule is c1ccc2c(c1)-c1cccc3cc(-c4ccc(-c5cccc6ccccc56)c5ccccc45)cc-2c13. The zero-order chi connectivity index (χ0) is 23.6. The van der Waals surface area contributed by atoms with Gasteiger partial charge in [0, 0.05) is 0 Å². The monoisotopic (exact) mass is 454 g/mol. The minimum absolute atomic E-state index is 1.27. The highest BCUT2D eigenvalue weighted by molar-refractivity contribution is 6.17. The van der Waals surface area contributed by atoms with Crippen molar-refractivity contribution in [3.63, 3.8) is 0 Å². The second-order valence-corrected chi connectivity index (χ2v) is 9.71. The van der Waals surface area contributed by atoms with Crippen LogP contribution in [0.5, 0.6) is 0 Å². The molecule has 36 heavy (non-hydrogen) atoms. The molecule has 8 rings (SSSR count). The minimum atomic E-state index is 1.27. The summed E-state index contributed by atoms with van der Waals surface area (Å²) in [6.07, 6.45) is 0. The van der Waals surface area contributed by atoms with E-state index in [1.807, 2.05) is 0 Å². The van der Waals surface area contributed by atoms with Gasteiger partial charge in [0.25, 0.3) is 0 Å². The average Bonchev–Trinajstić information content (AvgIpc) is 3.27. The number of benzene rings is 7. The van der Waals surface area contributed by atoms with Gasteiger partial charge >= 0.3 is 0 Å². The molecule has 0 atom stereocenters. The lowest BCUT2D eigenvalue weighted by atomic mass is 9.89. The van der Waals surface area contributed by atoms with Gasteiger partial charge < -0.3 is 0 Å². The van der Waals surface area contributed by atoms with Gasteiger partial charge in [-0.05, 0) is 89.0 Å². The highest BCUT2D eigenvalue weighted by atomic mass is 14.2. The second-order valence-electron chi connectivity index (χ2n) is 9.71. The lowest BCUT2D eigenvalue weighted by Gasteiger charge is -2.15. The van der Waals surface area contributed by atoms with Crippen molar-refractivity contribution in [1.29, 1.82) is 0 Å². The molecule has 7 aromatic carbocycles. The van der Waals surface area contributed by atoms with E-state index in [2.05, 4.69) is 133 Å². The summed E-state index contributed by atoms with van der Waals surface area (Å²) in [6, 6.07) is 49.0. The van der Waals surface area contributed by atoms with Crippen molar-refractivity contribution >= 4 is 32.3 Å². The molecule has 0 nitrogen and oxygen atoms in total. The largest absolute Gasteiger partial charge is 0.0616 e. The topological polar surface area (TPSA) is 0 Å². The number of hydrogen-bond acceptors (Lipinski definition) is 0. The predicted molar refractivity (Wildman–Crippen MR) is 154 cm³/mol. The fourth-order valence-electron chi connectivity index (χ4n) is 6.22. The third-order valence-corrected chi connectivity index (χ3v) is 7.80. The normalized spacial score (nSPS) is 11.9. The maximum Gasteiger partial charge on any atom is -0.00259 e. The molecule has 0 N–H and O–H groups in total. The second kappa shape index (κ2) is 7.41. The molecule has 1 aliphatic rings. The maximum absolute atomic E-state index is 2.40. The molecular weight excluding hydrogens is 432 g/mol. The molecule has 0 saturated carbocycles. The van der Waals surface area contributed by atoms with Crippen molar-refractivity contribution in [3.05, 3.63) is 133 Å². The summed E-state index contributed by atoms with van der Waals surface area (Å²) < 4.78 is 0. The molecule has 0 aromatic heterocycles. The van der Waals surface area contributed by atoms with E-state index < -0.39 is 0 Å². The average molecular weight is 455 g/mol. The van der Waals surface area contributed by atoms with Crippen LogP contribution in [0.1, 0.15) is 0 Å². The zero-order valence-corrected chi connectivity index (χ0v) is 19.7. The third kappa shape index (κ3) is 2.70. The molecule has 0 unspecified atom stereocenters. The van der Waals surface area contributed by atoms with Crippen molar-refractivity contribution in [2.75, 3.05) is 0 Å². The van der Waals surface area contributed by atoms with Crippen molar-refractivity contribution in [2.24, 2.45) is 0 Å². The van der Waals surface area contributed by atoms with Crippen molar-refractivity contribution in [1.82, 2.24) is 0 Å². The Bertz CT molecular complexity index is 1990. The van der Waals surface area contributed by atoms with E-state index >= 15 is 0 Å². The summed E-state index contributed by atoms with van der Waals surface area (Å²) in [5.74, 6) is 0. The van der Waals surface area contributed by atoms with E-state index in [9.17, 15) is 0 Å². The van der Waals surface area contributed by atoms with Crippen LogP contribution >= 0.6 is 0 Å². The number of rotatable bonds is 2. The van der Waals surface area contributed by atoms with Gasteiger partial charge in [0.2, 0.25) is 0 Å². The van der Waals surface area contributed by atoms with Gasteiger partial charge in [0.05, 0.1) is 0 Å². The highest BCUT2D eigenvalue weighted by Crippen LogP contribution is 2.49. The summed E-state index contributed by atoms with van der Waals surface area (Å²) in [6.45, 7) is 0. The van der Waals surface area contributed by atoms with Crippen LogP contribution in [-0.2, 0) is 0 Å². The Morgan fingerprint density at radius 2 is 0.806 bits per heavy atom. The smallest absolute Gasteiger partial charge is 0.00259 e. The van der Waals surface area contributed by atoms with E-state index in [0.29, 0.717) is 0 Å². The molecule has 1 aliphatic carbocycles. The molecule has 0 bridgehead atoms. The summed E-state index contributed by atoms with van der Waals surface area (Å²) >= 11 is 0. The van der Waals surface area contributed by atoms with E-state index in [1.54, 1.807) is 0 Å². The van der Waals surface area contributed by atoms with Gasteiger partial charge in [0.15, 0.2) is 0 Å². The van der Waals surface area contributed by atoms with Crippen molar-refractivity contribution < 1.29 is 0 Å². The predicted octanol–water partition coefficient (Wildman–Crippen LogP) is 10.1. The summed E-state index contributed by atoms with van der Waals surface area (Å²) in [4.78, 5) is 0. The van der Waals surface area contributed by atoms with E-state index in [0.717, 1.165) is 0 Å². The molecule has 0 spiro atoms. The van der Waals surface area contributed by atoms with Gasteiger partial charge in [0.1, 0.15) is 0 Å². The Morgan fingerprint density at radius 1 is 0.278 bits per heavy atom. The molecule has 0 amide bonds. The number of fused-ring (bicyclic) bond motifs is 5. The lowest BCUT2D eigenvalue weighted by Crippen LogP contribution is -1.88. The van der Waals surface area contributed by atoms with Crippen molar-refractivity contribution in [2.45, 2.75) is 0 Å². The number of hydrogen-bond donors (Lipinski definition) is 0. The summed E-state index contributed by atoms with van der Waals surface area (Å²) in [5, 5.41) is 7.82. The fourth-order valence-corrected chi connectivity index (χ4v) is 6.22. The van der Waals surface area contributed by atoms with Crippen LogP contribution in [0.4, 0.5) is 0 Å². The van der Waals surface area contributed by atoms with Crippen LogP contribution in [0, 0.1) is 0 Å². The van der Waals surface area contributed by atoms with Gasteiger partial charge in [-0.3, -0.25) is 0 Å². The standard InChI is InChI=1S/C36H22/c1-2-12-26-23(9-1)10-7-17-29(26)33-20-19-27(28-13-3-4-14-30(28)33)25-21-24-11-8-18-34-31-15-5-6-16-32(31)35(22-25)36(24)34/h1-22H. The molecule has 0 aliphatic heterocycles. The molecule has 0 heteroatoms. The first kappa shape index (κ1) is 19.6. The highest BCUT2D eigenvalue weighted by Gasteiger charge is 2.22. The van der Waals surface area contributed by atoms with E-state index in [4.69, 9.17) is 0 Å². The van der Waals surface area contributed by atoms with Crippen LogP contribution in [0.15, 0.2) is 133 Å². The molecule has 166 valence electrons. The van der Waals surface area contributed by atoms with Crippen LogP contribution in [0.3, 0.4) is 0 Å². The molecule has 7 aromatic rings. The molecular formula is C36H22. The van der Waals surface area contributed by atoms with Gasteiger partial charge in [-0.15, -0.1) is 0 Å². The molecule has 0 radical (unpaired) electrons. The molecule has 0 saturated heterocycles. The van der Waals surface area contributed by atoms with E-state index in [-0.39, 0.29) is 0 Å². The van der Waals surface area contributed by atoms with Crippen molar-refractivity contribution in [3.8, 4) is 44.5 Å². The fraction of sp³-hybridized carbons (Fsp3) is 0. The maximum atomic E-state index is 2.40. The zero-order valence-electron chi connectivity index (χ0n) is 19.7. The quantitative estimate of drug-likeness (QED) is 0.244. The first-order valence-corrected chi connectivity index (χ1v) is 12.5. The van der Waals surface area contributed by atoms with E-state index in [1.165, 1.54) is 76.8 Å². The lowest BCUT2D eigenvalue weighted by molar-refractivity contribution is 1.65. The summed E-state index contributed by atoms with van der Waals surface area (Å²) in [7, 11) is 0. The van der Waals surface area contributed by atoms with Gasteiger partial charge in [-0.25, -0.2) is 0 Å². The first-order valence-electron chi connectivity index (χ1n) is 12.5. The van der Waals surface area contributed by atoms with Gasteiger partial charge in [-0.2, -0.15) is 0 Å².